The maximum atomic E-state index is 12.8. The van der Waals surface area contributed by atoms with Crippen LogP contribution in [0.15, 0.2) is 12.3 Å². The molecule has 0 aliphatic carbocycles. The quantitative estimate of drug-likeness (QED) is 0.676. The second-order valence-electron chi connectivity index (χ2n) is 2.36. The lowest BCUT2D eigenvalue weighted by Gasteiger charge is -2.07. The van der Waals surface area contributed by atoms with E-state index in [1.807, 2.05) is 0 Å². The van der Waals surface area contributed by atoms with Crippen LogP contribution in [0.4, 0.5) is 8.78 Å². The summed E-state index contributed by atoms with van der Waals surface area (Å²) >= 11 is 0. The Bertz CT molecular complexity index is 277. The molecule has 12 heavy (non-hydrogen) atoms. The summed E-state index contributed by atoms with van der Waals surface area (Å²) < 4.78 is 25.2. The van der Waals surface area contributed by atoms with Crippen molar-refractivity contribution in [2.75, 3.05) is 6.54 Å². The van der Waals surface area contributed by atoms with E-state index in [2.05, 4.69) is 4.98 Å². The molecule has 1 atom stereocenters. The molecule has 0 unspecified atom stereocenters. The Morgan fingerprint density at radius 2 is 2.17 bits per heavy atom. The van der Waals surface area contributed by atoms with Gasteiger partial charge in [-0.2, -0.15) is 0 Å². The molecule has 5 heteroatoms. The minimum Gasteiger partial charge on any atom is -0.329 e. The minimum absolute atomic E-state index is 0.00102. The Morgan fingerprint density at radius 1 is 1.50 bits per heavy atom. The first-order chi connectivity index (χ1) is 5.65. The van der Waals surface area contributed by atoms with E-state index in [-0.39, 0.29) is 12.2 Å². The molecule has 4 N–H and O–H groups in total. The van der Waals surface area contributed by atoms with E-state index in [0.29, 0.717) is 0 Å². The highest BCUT2D eigenvalue weighted by atomic mass is 19.1. The minimum atomic E-state index is -0.757. The Labute approximate surface area is 68.4 Å². The molecule has 0 saturated heterocycles. The van der Waals surface area contributed by atoms with Crippen LogP contribution in [0.3, 0.4) is 0 Å². The van der Waals surface area contributed by atoms with Gasteiger partial charge in [-0.15, -0.1) is 0 Å². The predicted molar refractivity (Wildman–Crippen MR) is 40.1 cm³/mol. The molecule has 0 aromatic carbocycles. The fraction of sp³-hybridized carbons (Fsp3) is 0.286. The normalized spacial score (nSPS) is 13.0. The molecule has 1 aromatic rings. The van der Waals surface area contributed by atoms with E-state index in [4.69, 9.17) is 11.5 Å². The number of rotatable bonds is 2. The number of pyridine rings is 1. The second kappa shape index (κ2) is 3.55. The van der Waals surface area contributed by atoms with Crippen LogP contribution >= 0.6 is 0 Å². The molecule has 0 bridgehead atoms. The summed E-state index contributed by atoms with van der Waals surface area (Å²) in [7, 11) is 0. The Morgan fingerprint density at radius 3 is 2.67 bits per heavy atom. The smallest absolute Gasteiger partial charge is 0.149 e. The topological polar surface area (TPSA) is 64.9 Å². The molecular weight excluding hydrogens is 164 g/mol. The van der Waals surface area contributed by atoms with Gasteiger partial charge in [0.2, 0.25) is 0 Å². The third-order valence-corrected chi connectivity index (χ3v) is 1.44. The standard InChI is InChI=1S/C7H9F2N3/c8-4-1-5(9)7(12-3-4)6(11)2-10/h1,3,6H,2,10-11H2/t6-/m1/s1. The molecular formula is C7H9F2N3. The van der Waals surface area contributed by atoms with Gasteiger partial charge in [0.05, 0.1) is 17.9 Å². The van der Waals surface area contributed by atoms with Crippen LogP contribution in [-0.2, 0) is 0 Å². The van der Waals surface area contributed by atoms with Gasteiger partial charge in [-0.3, -0.25) is 4.98 Å². The van der Waals surface area contributed by atoms with Crippen LogP contribution in [0.2, 0.25) is 0 Å². The van der Waals surface area contributed by atoms with Gasteiger partial charge in [0.25, 0.3) is 0 Å². The Kier molecular flexibility index (Phi) is 2.67. The lowest BCUT2D eigenvalue weighted by atomic mass is 10.2. The SMILES string of the molecule is NC[C@@H](N)c1ncc(F)cc1F. The zero-order valence-electron chi connectivity index (χ0n) is 6.30. The second-order valence-corrected chi connectivity index (χ2v) is 2.36. The van der Waals surface area contributed by atoms with Crippen LogP contribution < -0.4 is 11.5 Å². The van der Waals surface area contributed by atoms with E-state index >= 15 is 0 Å². The number of hydrogen-bond donors (Lipinski definition) is 2. The molecule has 0 radical (unpaired) electrons. The fourth-order valence-corrected chi connectivity index (χ4v) is 0.810. The zero-order chi connectivity index (χ0) is 9.14. The van der Waals surface area contributed by atoms with Crippen molar-refractivity contribution in [1.29, 1.82) is 0 Å². The number of nitrogens with zero attached hydrogens (tertiary/aromatic N) is 1. The highest BCUT2D eigenvalue weighted by Crippen LogP contribution is 2.11. The Balaban J connectivity index is 3.01. The van der Waals surface area contributed by atoms with Crippen molar-refractivity contribution < 1.29 is 8.78 Å². The van der Waals surface area contributed by atoms with Gasteiger partial charge in [0.1, 0.15) is 11.6 Å². The first-order valence-electron chi connectivity index (χ1n) is 3.41. The number of hydrogen-bond acceptors (Lipinski definition) is 3. The Hall–Kier alpha value is -1.07. The van der Waals surface area contributed by atoms with E-state index in [0.717, 1.165) is 12.3 Å². The number of halogens is 2. The van der Waals surface area contributed by atoms with Gasteiger partial charge in [-0.25, -0.2) is 8.78 Å². The van der Waals surface area contributed by atoms with Gasteiger partial charge in [-0.1, -0.05) is 0 Å². The van der Waals surface area contributed by atoms with Crippen LogP contribution in [-0.4, -0.2) is 11.5 Å². The lowest BCUT2D eigenvalue weighted by molar-refractivity contribution is 0.538. The molecule has 0 aliphatic rings. The summed E-state index contributed by atoms with van der Waals surface area (Å²) in [5, 5.41) is 0. The van der Waals surface area contributed by atoms with Crippen molar-refractivity contribution in [1.82, 2.24) is 4.98 Å². The molecule has 0 amide bonds. The van der Waals surface area contributed by atoms with Gasteiger partial charge < -0.3 is 11.5 Å². The summed E-state index contributed by atoms with van der Waals surface area (Å²) in [4.78, 5) is 3.49. The average Bonchev–Trinajstić information content (AvgIpc) is 2.03. The fourth-order valence-electron chi connectivity index (χ4n) is 0.810. The van der Waals surface area contributed by atoms with Crippen LogP contribution in [0.1, 0.15) is 11.7 Å². The number of aromatic nitrogens is 1. The molecule has 1 rings (SSSR count). The van der Waals surface area contributed by atoms with Gasteiger partial charge in [-0.05, 0) is 0 Å². The van der Waals surface area contributed by atoms with E-state index in [1.54, 1.807) is 0 Å². The lowest BCUT2D eigenvalue weighted by Crippen LogP contribution is -2.23. The third-order valence-electron chi connectivity index (χ3n) is 1.44. The molecule has 0 saturated carbocycles. The van der Waals surface area contributed by atoms with Crippen molar-refractivity contribution in [2.45, 2.75) is 6.04 Å². The van der Waals surface area contributed by atoms with Crippen molar-refractivity contribution in [3.8, 4) is 0 Å². The maximum absolute atomic E-state index is 12.8. The molecule has 66 valence electrons. The van der Waals surface area contributed by atoms with Crippen LogP contribution in [0.25, 0.3) is 0 Å². The first kappa shape index (κ1) is 9.02. The summed E-state index contributed by atoms with van der Waals surface area (Å²) in [5.41, 5.74) is 10.6. The van der Waals surface area contributed by atoms with Gasteiger partial charge >= 0.3 is 0 Å². The summed E-state index contributed by atoms with van der Waals surface area (Å²) in [6, 6.07) is 0.0586. The largest absolute Gasteiger partial charge is 0.329 e. The van der Waals surface area contributed by atoms with Crippen molar-refractivity contribution >= 4 is 0 Å². The molecule has 0 spiro atoms. The summed E-state index contributed by atoms with van der Waals surface area (Å²) in [5.74, 6) is -1.48. The molecule has 0 aliphatic heterocycles. The first-order valence-corrected chi connectivity index (χ1v) is 3.41. The van der Waals surface area contributed by atoms with Crippen molar-refractivity contribution in [3.05, 3.63) is 29.6 Å². The summed E-state index contributed by atoms with van der Waals surface area (Å²) in [6.07, 6.45) is 0.911. The van der Waals surface area contributed by atoms with Gasteiger partial charge in [0, 0.05) is 12.6 Å². The molecule has 1 heterocycles. The van der Waals surface area contributed by atoms with Crippen molar-refractivity contribution in [3.63, 3.8) is 0 Å². The van der Waals surface area contributed by atoms with Crippen LogP contribution in [0.5, 0.6) is 0 Å². The van der Waals surface area contributed by atoms with Crippen molar-refractivity contribution in [2.24, 2.45) is 11.5 Å². The predicted octanol–water partition coefficient (Wildman–Crippen LogP) is 0.318. The highest BCUT2D eigenvalue weighted by molar-refractivity contribution is 5.12. The van der Waals surface area contributed by atoms with Crippen LogP contribution in [0, 0.1) is 11.6 Å². The molecule has 0 fully saturated rings. The van der Waals surface area contributed by atoms with E-state index in [1.165, 1.54) is 0 Å². The van der Waals surface area contributed by atoms with Gasteiger partial charge in [0.15, 0.2) is 0 Å². The average molecular weight is 173 g/mol. The van der Waals surface area contributed by atoms with E-state index in [9.17, 15) is 8.78 Å². The highest BCUT2D eigenvalue weighted by Gasteiger charge is 2.11. The summed E-state index contributed by atoms with van der Waals surface area (Å²) in [6.45, 7) is 0.0789. The zero-order valence-corrected chi connectivity index (χ0v) is 6.30. The molecule has 1 aromatic heterocycles. The maximum Gasteiger partial charge on any atom is 0.149 e. The third kappa shape index (κ3) is 1.75. The van der Waals surface area contributed by atoms with E-state index < -0.39 is 17.7 Å². The number of nitrogens with two attached hydrogens (primary N) is 2. The monoisotopic (exact) mass is 173 g/mol. The molecule has 3 nitrogen and oxygen atoms in total.